The first kappa shape index (κ1) is 14.1. The SMILES string of the molecule is C[C@H]([NH2+]Cc1nc2ccccc2s1)c1ccc(F)c(F)c1. The van der Waals surface area contributed by atoms with Gasteiger partial charge in [0, 0.05) is 5.56 Å². The molecule has 0 saturated carbocycles. The van der Waals surface area contributed by atoms with Crippen molar-refractivity contribution in [3.05, 3.63) is 64.7 Å². The van der Waals surface area contributed by atoms with Gasteiger partial charge < -0.3 is 5.32 Å². The molecule has 0 saturated heterocycles. The zero-order chi connectivity index (χ0) is 14.8. The molecule has 0 bridgehead atoms. The second-order valence-electron chi connectivity index (χ2n) is 4.98. The predicted molar refractivity (Wildman–Crippen MR) is 80.0 cm³/mol. The molecule has 0 amide bonds. The molecule has 0 aliphatic rings. The van der Waals surface area contributed by atoms with Crippen LogP contribution in [-0.2, 0) is 6.54 Å². The molecular formula is C16H15F2N2S+. The monoisotopic (exact) mass is 305 g/mol. The molecule has 0 aliphatic carbocycles. The number of hydrogen-bond donors (Lipinski definition) is 1. The highest BCUT2D eigenvalue weighted by Crippen LogP contribution is 2.21. The molecule has 0 radical (unpaired) electrons. The maximum Gasteiger partial charge on any atom is 0.159 e. The van der Waals surface area contributed by atoms with Crippen LogP contribution in [0.15, 0.2) is 42.5 Å². The summed E-state index contributed by atoms with van der Waals surface area (Å²) in [6, 6.07) is 12.1. The molecule has 2 nitrogen and oxygen atoms in total. The number of nitrogens with two attached hydrogens (primary N) is 1. The van der Waals surface area contributed by atoms with Crippen molar-refractivity contribution < 1.29 is 14.1 Å². The molecule has 0 spiro atoms. The Balaban J connectivity index is 1.70. The molecule has 108 valence electrons. The fraction of sp³-hybridized carbons (Fsp3) is 0.188. The summed E-state index contributed by atoms with van der Waals surface area (Å²) < 4.78 is 27.3. The van der Waals surface area contributed by atoms with Crippen LogP contribution in [0.3, 0.4) is 0 Å². The number of thiazole rings is 1. The summed E-state index contributed by atoms with van der Waals surface area (Å²) >= 11 is 1.66. The van der Waals surface area contributed by atoms with E-state index in [4.69, 9.17) is 0 Å². The Labute approximate surface area is 125 Å². The van der Waals surface area contributed by atoms with Gasteiger partial charge in [-0.05, 0) is 37.3 Å². The average Bonchev–Trinajstić information content (AvgIpc) is 2.90. The van der Waals surface area contributed by atoms with Crippen LogP contribution < -0.4 is 5.32 Å². The Morgan fingerprint density at radius 3 is 2.71 bits per heavy atom. The Hall–Kier alpha value is -1.85. The van der Waals surface area contributed by atoms with Crippen LogP contribution in [0.1, 0.15) is 23.5 Å². The normalized spacial score (nSPS) is 12.7. The third-order valence-corrected chi connectivity index (χ3v) is 4.51. The molecule has 21 heavy (non-hydrogen) atoms. The van der Waals surface area contributed by atoms with Crippen LogP contribution in [0.25, 0.3) is 10.2 Å². The van der Waals surface area contributed by atoms with E-state index >= 15 is 0 Å². The molecular weight excluding hydrogens is 290 g/mol. The molecule has 2 N–H and O–H groups in total. The molecule has 5 heteroatoms. The third kappa shape index (κ3) is 3.09. The minimum atomic E-state index is -0.808. The van der Waals surface area contributed by atoms with Crippen molar-refractivity contribution in [3.8, 4) is 0 Å². The molecule has 3 aromatic rings. The quantitative estimate of drug-likeness (QED) is 0.786. The smallest absolute Gasteiger partial charge is 0.159 e. The minimum Gasteiger partial charge on any atom is -0.335 e. The summed E-state index contributed by atoms with van der Waals surface area (Å²) in [5.74, 6) is -1.61. The number of nitrogens with zero attached hydrogens (tertiary/aromatic N) is 1. The predicted octanol–water partition coefficient (Wildman–Crippen LogP) is 3.40. The van der Waals surface area contributed by atoms with Gasteiger partial charge in [-0.1, -0.05) is 12.1 Å². The van der Waals surface area contributed by atoms with Crippen LogP contribution in [0.4, 0.5) is 8.78 Å². The lowest BCUT2D eigenvalue weighted by Crippen LogP contribution is -2.83. The molecule has 1 atom stereocenters. The largest absolute Gasteiger partial charge is 0.335 e. The molecule has 3 rings (SSSR count). The van der Waals surface area contributed by atoms with Gasteiger partial charge in [-0.2, -0.15) is 0 Å². The number of benzene rings is 2. The van der Waals surface area contributed by atoms with E-state index in [1.807, 2.05) is 25.1 Å². The van der Waals surface area contributed by atoms with E-state index in [0.29, 0.717) is 0 Å². The summed E-state index contributed by atoms with van der Waals surface area (Å²) in [6.45, 7) is 2.69. The molecule has 2 aromatic carbocycles. The van der Waals surface area contributed by atoms with Crippen molar-refractivity contribution in [2.24, 2.45) is 0 Å². The number of rotatable bonds is 4. The number of halogens is 2. The zero-order valence-electron chi connectivity index (χ0n) is 11.5. The van der Waals surface area contributed by atoms with Crippen LogP contribution in [0, 0.1) is 11.6 Å². The Bertz CT molecular complexity index is 737. The van der Waals surface area contributed by atoms with Crippen LogP contribution in [-0.4, -0.2) is 4.98 Å². The van der Waals surface area contributed by atoms with E-state index in [-0.39, 0.29) is 6.04 Å². The highest BCUT2D eigenvalue weighted by atomic mass is 32.1. The van der Waals surface area contributed by atoms with Gasteiger partial charge in [-0.3, -0.25) is 0 Å². The fourth-order valence-electron chi connectivity index (χ4n) is 2.22. The topological polar surface area (TPSA) is 29.5 Å². The van der Waals surface area contributed by atoms with E-state index in [1.165, 1.54) is 16.8 Å². The fourth-order valence-corrected chi connectivity index (χ4v) is 3.16. The van der Waals surface area contributed by atoms with Crippen molar-refractivity contribution in [2.45, 2.75) is 19.5 Å². The Kier molecular flexibility index (Phi) is 3.94. The first-order valence-electron chi connectivity index (χ1n) is 6.76. The van der Waals surface area contributed by atoms with Gasteiger partial charge in [0.25, 0.3) is 0 Å². The number of para-hydroxylation sites is 1. The molecule has 1 aromatic heterocycles. The summed E-state index contributed by atoms with van der Waals surface area (Å²) in [5.41, 5.74) is 1.78. The summed E-state index contributed by atoms with van der Waals surface area (Å²) in [6.07, 6.45) is 0. The number of fused-ring (bicyclic) bond motifs is 1. The number of aromatic nitrogens is 1. The summed E-state index contributed by atoms with van der Waals surface area (Å²) in [4.78, 5) is 4.56. The standard InChI is InChI=1S/C16H14F2N2S/c1-10(11-6-7-12(17)13(18)8-11)19-9-16-20-14-4-2-3-5-15(14)21-16/h2-8,10,19H,9H2,1H3/p+1/t10-/m0/s1. The maximum atomic E-state index is 13.2. The van der Waals surface area contributed by atoms with E-state index in [1.54, 1.807) is 17.4 Å². The molecule has 0 unspecified atom stereocenters. The molecule has 0 aliphatic heterocycles. The first-order valence-corrected chi connectivity index (χ1v) is 7.58. The van der Waals surface area contributed by atoms with Gasteiger partial charge in [0.1, 0.15) is 17.6 Å². The molecule has 1 heterocycles. The van der Waals surface area contributed by atoms with E-state index in [9.17, 15) is 8.78 Å². The number of quaternary nitrogens is 1. The summed E-state index contributed by atoms with van der Waals surface area (Å²) in [7, 11) is 0. The maximum absolute atomic E-state index is 13.2. The van der Waals surface area contributed by atoms with Crippen molar-refractivity contribution in [1.82, 2.24) is 4.98 Å². The zero-order valence-corrected chi connectivity index (χ0v) is 12.3. The van der Waals surface area contributed by atoms with Gasteiger partial charge >= 0.3 is 0 Å². The van der Waals surface area contributed by atoms with Crippen LogP contribution >= 0.6 is 11.3 Å². The third-order valence-electron chi connectivity index (χ3n) is 3.45. The lowest BCUT2D eigenvalue weighted by molar-refractivity contribution is -0.707. The van der Waals surface area contributed by atoms with Gasteiger partial charge in [-0.25, -0.2) is 13.8 Å². The van der Waals surface area contributed by atoms with Gasteiger partial charge in [0.05, 0.1) is 10.2 Å². The van der Waals surface area contributed by atoms with Crippen molar-refractivity contribution in [1.29, 1.82) is 0 Å². The van der Waals surface area contributed by atoms with E-state index < -0.39 is 11.6 Å². The van der Waals surface area contributed by atoms with Crippen molar-refractivity contribution >= 4 is 21.6 Å². The second-order valence-corrected chi connectivity index (χ2v) is 6.09. The highest BCUT2D eigenvalue weighted by Gasteiger charge is 2.13. The van der Waals surface area contributed by atoms with Gasteiger partial charge in [-0.15, -0.1) is 11.3 Å². The summed E-state index contributed by atoms with van der Waals surface area (Å²) in [5, 5.41) is 3.11. The van der Waals surface area contributed by atoms with Crippen molar-refractivity contribution in [3.63, 3.8) is 0 Å². The lowest BCUT2D eigenvalue weighted by atomic mass is 10.1. The first-order chi connectivity index (χ1) is 10.1. The van der Waals surface area contributed by atoms with Gasteiger partial charge in [0.2, 0.25) is 0 Å². The van der Waals surface area contributed by atoms with E-state index in [2.05, 4.69) is 16.4 Å². The van der Waals surface area contributed by atoms with Crippen molar-refractivity contribution in [2.75, 3.05) is 0 Å². The highest BCUT2D eigenvalue weighted by molar-refractivity contribution is 7.18. The van der Waals surface area contributed by atoms with Gasteiger partial charge in [0.15, 0.2) is 11.6 Å². The second kappa shape index (κ2) is 5.87. The van der Waals surface area contributed by atoms with Crippen LogP contribution in [0.2, 0.25) is 0 Å². The minimum absolute atomic E-state index is 0.0483. The average molecular weight is 305 g/mol. The molecule has 0 fully saturated rings. The Morgan fingerprint density at radius 1 is 1.14 bits per heavy atom. The van der Waals surface area contributed by atoms with Crippen LogP contribution in [0.5, 0.6) is 0 Å². The van der Waals surface area contributed by atoms with E-state index in [0.717, 1.165) is 22.6 Å². The lowest BCUT2D eigenvalue weighted by Gasteiger charge is -2.10. The Morgan fingerprint density at radius 2 is 1.95 bits per heavy atom. The number of hydrogen-bond acceptors (Lipinski definition) is 2.